The number of aromatic nitrogens is 3. The molecule has 2 aromatic heterocycles. The van der Waals surface area contributed by atoms with Crippen molar-refractivity contribution in [2.75, 3.05) is 0 Å². The quantitative estimate of drug-likeness (QED) is 0.252. The summed E-state index contributed by atoms with van der Waals surface area (Å²) in [6.07, 6.45) is 0. The van der Waals surface area contributed by atoms with Gasteiger partial charge >= 0.3 is 0 Å². The van der Waals surface area contributed by atoms with E-state index >= 15 is 0 Å². The minimum Gasteiger partial charge on any atom is -0.309 e. The summed E-state index contributed by atoms with van der Waals surface area (Å²) in [6, 6.07) is 41.2. The monoisotopic (exact) mass is 481 g/mol. The highest BCUT2D eigenvalue weighted by atomic mass is 35.5. The number of nitrogens with zero attached hydrogens (tertiary/aromatic N) is 3. The van der Waals surface area contributed by atoms with Crippen LogP contribution in [0.1, 0.15) is 0 Å². The van der Waals surface area contributed by atoms with Crippen molar-refractivity contribution in [3.63, 3.8) is 0 Å². The van der Waals surface area contributed by atoms with Crippen molar-refractivity contribution in [1.29, 1.82) is 0 Å². The summed E-state index contributed by atoms with van der Waals surface area (Å²) < 4.78 is 2.25. The van der Waals surface area contributed by atoms with Gasteiger partial charge in [0.25, 0.3) is 0 Å². The molecule has 0 bridgehead atoms. The zero-order valence-electron chi connectivity index (χ0n) is 19.3. The van der Waals surface area contributed by atoms with E-state index in [0.717, 1.165) is 66.1 Å². The number of hydrogen-bond acceptors (Lipinski definition) is 2. The van der Waals surface area contributed by atoms with Crippen LogP contribution in [0.3, 0.4) is 0 Å². The zero-order chi connectivity index (χ0) is 24.1. The Labute approximate surface area is 213 Å². The predicted octanol–water partition coefficient (Wildman–Crippen LogP) is 8.71. The number of benzene rings is 5. The topological polar surface area (TPSA) is 30.7 Å². The first-order valence-corrected chi connectivity index (χ1v) is 12.3. The first-order valence-electron chi connectivity index (χ1n) is 11.9. The fraction of sp³-hybridized carbons (Fsp3) is 0. The maximum absolute atomic E-state index is 6.66. The molecule has 170 valence electrons. The van der Waals surface area contributed by atoms with Crippen molar-refractivity contribution >= 4 is 44.4 Å². The van der Waals surface area contributed by atoms with Crippen molar-refractivity contribution in [2.45, 2.75) is 0 Å². The van der Waals surface area contributed by atoms with Gasteiger partial charge in [-0.2, -0.15) is 0 Å². The molecule has 5 aromatic carbocycles. The van der Waals surface area contributed by atoms with Gasteiger partial charge in [0, 0.05) is 27.6 Å². The van der Waals surface area contributed by atoms with Crippen molar-refractivity contribution in [3.8, 4) is 28.2 Å². The van der Waals surface area contributed by atoms with Crippen LogP contribution in [-0.2, 0) is 0 Å². The van der Waals surface area contributed by atoms with Gasteiger partial charge < -0.3 is 4.57 Å². The Morgan fingerprint density at radius 1 is 0.528 bits per heavy atom. The van der Waals surface area contributed by atoms with Crippen molar-refractivity contribution in [3.05, 3.63) is 126 Å². The Bertz CT molecular complexity index is 1890. The molecule has 7 aromatic rings. The lowest BCUT2D eigenvalue weighted by Crippen LogP contribution is -1.98. The van der Waals surface area contributed by atoms with E-state index in [1.165, 1.54) is 0 Å². The van der Waals surface area contributed by atoms with E-state index in [0.29, 0.717) is 0 Å². The molecule has 0 fully saturated rings. The van der Waals surface area contributed by atoms with Gasteiger partial charge in [-0.15, -0.1) is 0 Å². The van der Waals surface area contributed by atoms with E-state index in [-0.39, 0.29) is 0 Å². The van der Waals surface area contributed by atoms with Crippen LogP contribution < -0.4 is 0 Å². The Kier molecular flexibility index (Phi) is 4.83. The summed E-state index contributed by atoms with van der Waals surface area (Å²) in [5, 5.41) is 2.95. The summed E-state index contributed by atoms with van der Waals surface area (Å²) in [7, 11) is 0. The van der Waals surface area contributed by atoms with E-state index in [2.05, 4.69) is 77.4 Å². The Morgan fingerprint density at radius 2 is 1.14 bits per heavy atom. The molecule has 4 heteroatoms. The van der Waals surface area contributed by atoms with E-state index in [9.17, 15) is 0 Å². The van der Waals surface area contributed by atoms with Gasteiger partial charge in [-0.25, -0.2) is 9.97 Å². The fourth-order valence-electron chi connectivity index (χ4n) is 5.03. The number of hydrogen-bond donors (Lipinski definition) is 0. The van der Waals surface area contributed by atoms with Crippen LogP contribution >= 0.6 is 11.6 Å². The third-order valence-corrected chi connectivity index (χ3v) is 6.96. The second-order valence-corrected chi connectivity index (χ2v) is 9.22. The average molecular weight is 482 g/mol. The highest BCUT2D eigenvalue weighted by Crippen LogP contribution is 2.37. The van der Waals surface area contributed by atoms with Crippen LogP contribution in [0.4, 0.5) is 0 Å². The summed E-state index contributed by atoms with van der Waals surface area (Å²) >= 11 is 6.66. The van der Waals surface area contributed by atoms with Crippen LogP contribution in [0.5, 0.6) is 0 Å². The van der Waals surface area contributed by atoms with E-state index in [1.54, 1.807) is 0 Å². The Morgan fingerprint density at radius 3 is 1.86 bits per heavy atom. The van der Waals surface area contributed by atoms with Crippen molar-refractivity contribution in [2.24, 2.45) is 0 Å². The molecule has 0 aliphatic rings. The second-order valence-electron chi connectivity index (χ2n) is 8.81. The molecule has 0 radical (unpaired) electrons. The molecule has 0 spiro atoms. The van der Waals surface area contributed by atoms with Crippen LogP contribution in [0.2, 0.25) is 5.02 Å². The van der Waals surface area contributed by atoms with Gasteiger partial charge in [0.2, 0.25) is 0 Å². The molecular formula is C32H20ClN3. The maximum atomic E-state index is 6.66. The molecule has 0 unspecified atom stereocenters. The highest BCUT2D eigenvalue weighted by Gasteiger charge is 2.17. The second kappa shape index (κ2) is 8.33. The highest BCUT2D eigenvalue weighted by molar-refractivity contribution is 6.38. The van der Waals surface area contributed by atoms with Crippen LogP contribution in [0.25, 0.3) is 61.0 Å². The molecule has 0 aliphatic carbocycles. The lowest BCUT2D eigenvalue weighted by Gasteiger charge is -2.13. The maximum Gasteiger partial charge on any atom is 0.0973 e. The summed E-state index contributed by atoms with van der Waals surface area (Å²) in [4.78, 5) is 10.3. The molecule has 36 heavy (non-hydrogen) atoms. The number of halogens is 1. The molecule has 0 amide bonds. The molecule has 0 N–H and O–H groups in total. The Hall–Kier alpha value is -4.47. The van der Waals surface area contributed by atoms with Crippen LogP contribution in [-0.4, -0.2) is 14.5 Å². The van der Waals surface area contributed by atoms with E-state index in [1.807, 2.05) is 48.5 Å². The fourth-order valence-corrected chi connectivity index (χ4v) is 5.30. The van der Waals surface area contributed by atoms with Crippen molar-refractivity contribution < 1.29 is 0 Å². The molecule has 0 saturated carbocycles. The molecule has 3 nitrogen and oxygen atoms in total. The lowest BCUT2D eigenvalue weighted by molar-refractivity contribution is 1.18. The minimum absolute atomic E-state index is 0.752. The summed E-state index contributed by atoms with van der Waals surface area (Å²) in [5.74, 6) is 0. The third kappa shape index (κ3) is 3.29. The smallest absolute Gasteiger partial charge is 0.0973 e. The molecular weight excluding hydrogens is 462 g/mol. The molecule has 0 saturated heterocycles. The van der Waals surface area contributed by atoms with Gasteiger partial charge in [0.05, 0.1) is 38.5 Å². The Balaban J connectivity index is 1.51. The van der Waals surface area contributed by atoms with Crippen molar-refractivity contribution in [1.82, 2.24) is 14.5 Å². The minimum atomic E-state index is 0.752. The van der Waals surface area contributed by atoms with Crippen LogP contribution in [0, 0.1) is 0 Å². The van der Waals surface area contributed by atoms with Crippen LogP contribution in [0.15, 0.2) is 121 Å². The molecule has 0 atom stereocenters. The number of rotatable bonds is 3. The number of fused-ring (bicyclic) bond motifs is 4. The first kappa shape index (κ1) is 20.9. The lowest BCUT2D eigenvalue weighted by atomic mass is 10.0. The zero-order valence-corrected chi connectivity index (χ0v) is 20.0. The van der Waals surface area contributed by atoms with Gasteiger partial charge in [-0.05, 0) is 36.4 Å². The standard InChI is InChI=1S/C32H20ClN3/c33-25-15-9-17-29-30(25)24-14-7-8-16-28(24)36(29)23-18-19-26-27(20-23)35-32(22-12-5-2-6-13-22)31(34-26)21-10-3-1-4-11-21/h1-20H. The van der Waals surface area contributed by atoms with E-state index < -0.39 is 0 Å². The SMILES string of the molecule is Clc1cccc2c1c1ccccc1n2-c1ccc2nc(-c3ccccc3)c(-c3ccccc3)nc2c1. The van der Waals surface area contributed by atoms with Gasteiger partial charge in [-0.1, -0.05) is 96.5 Å². The normalized spacial score (nSPS) is 11.5. The predicted molar refractivity (Wildman–Crippen MR) is 150 cm³/mol. The largest absolute Gasteiger partial charge is 0.309 e. The molecule has 0 aliphatic heterocycles. The first-order chi connectivity index (χ1) is 17.8. The van der Waals surface area contributed by atoms with E-state index in [4.69, 9.17) is 21.6 Å². The van der Waals surface area contributed by atoms with Gasteiger partial charge in [-0.3, -0.25) is 0 Å². The van der Waals surface area contributed by atoms with Gasteiger partial charge in [0.1, 0.15) is 0 Å². The van der Waals surface area contributed by atoms with Gasteiger partial charge in [0.15, 0.2) is 0 Å². The third-order valence-electron chi connectivity index (χ3n) is 6.65. The average Bonchev–Trinajstić information content (AvgIpc) is 3.28. The summed E-state index contributed by atoms with van der Waals surface area (Å²) in [5.41, 5.74) is 8.75. The summed E-state index contributed by atoms with van der Waals surface area (Å²) in [6.45, 7) is 0. The number of para-hydroxylation sites is 1. The molecule has 7 rings (SSSR count). The molecule has 2 heterocycles.